The van der Waals surface area contributed by atoms with E-state index in [1.165, 1.54) is 32.2 Å². The molecule has 0 saturated heterocycles. The smallest absolute Gasteiger partial charge is 0.358 e. The Balaban J connectivity index is 2.37. The summed E-state index contributed by atoms with van der Waals surface area (Å²) in [5, 5.41) is 3.27. The van der Waals surface area contributed by atoms with Gasteiger partial charge in [-0.05, 0) is 34.1 Å². The average Bonchev–Trinajstić information content (AvgIpc) is 2.85. The van der Waals surface area contributed by atoms with E-state index in [-0.39, 0.29) is 22.2 Å². The number of anilines is 2. The molecule has 0 aliphatic heterocycles. The number of hydrogen-bond acceptors (Lipinski definition) is 6. The molecule has 0 unspecified atom stereocenters. The summed E-state index contributed by atoms with van der Waals surface area (Å²) in [7, 11) is 1.22. The second kappa shape index (κ2) is 6.31. The zero-order chi connectivity index (χ0) is 15.6. The number of ether oxygens (including phenoxy) is 1. The maximum absolute atomic E-state index is 13.0. The highest BCUT2D eigenvalue weighted by molar-refractivity contribution is 9.10. The third-order valence-corrected chi connectivity index (χ3v) is 4.23. The molecule has 0 fully saturated rings. The van der Waals surface area contributed by atoms with Gasteiger partial charge in [-0.15, -0.1) is 0 Å². The van der Waals surface area contributed by atoms with E-state index in [2.05, 4.69) is 31.0 Å². The number of Topliss-reactive ketones (excluding diaryl/α,β-unsaturated/α-hetero) is 1. The number of carbonyl (C=O) groups is 2. The molecule has 0 aliphatic rings. The van der Waals surface area contributed by atoms with Gasteiger partial charge in [0.1, 0.15) is 10.7 Å². The molecular formula is C13H10BrFN2O3S. The van der Waals surface area contributed by atoms with Crippen molar-refractivity contribution in [3.63, 3.8) is 0 Å². The van der Waals surface area contributed by atoms with Gasteiger partial charge in [-0.1, -0.05) is 11.3 Å². The topological polar surface area (TPSA) is 68.3 Å². The summed E-state index contributed by atoms with van der Waals surface area (Å²) in [4.78, 5) is 27.4. The first kappa shape index (κ1) is 15.6. The van der Waals surface area contributed by atoms with Gasteiger partial charge < -0.3 is 10.1 Å². The molecule has 1 aromatic carbocycles. The molecule has 110 valence electrons. The Bertz CT molecular complexity index is 717. The number of esters is 1. The van der Waals surface area contributed by atoms with E-state index >= 15 is 0 Å². The number of thiazole rings is 1. The van der Waals surface area contributed by atoms with Crippen LogP contribution in [0.15, 0.2) is 22.7 Å². The minimum absolute atomic E-state index is 0.0317. The summed E-state index contributed by atoms with van der Waals surface area (Å²) in [5.41, 5.74) is 0.535. The van der Waals surface area contributed by atoms with Crippen LogP contribution in [0.3, 0.4) is 0 Å². The first-order valence-corrected chi connectivity index (χ1v) is 7.35. The standard InChI is InChI=1S/C13H10BrFN2O3S/c1-6(18)11-10(12(19)20-2)17-13(21-11)16-9-4-3-7(15)5-8(9)14/h3-5H,1-2H3,(H,16,17). The number of nitrogens with one attached hydrogen (secondary N) is 1. The first-order chi connectivity index (χ1) is 9.92. The highest BCUT2D eigenvalue weighted by Gasteiger charge is 2.22. The Hall–Kier alpha value is -1.80. The maximum Gasteiger partial charge on any atom is 0.358 e. The molecule has 8 heteroatoms. The third-order valence-electron chi connectivity index (χ3n) is 2.50. The molecule has 1 aromatic heterocycles. The number of methoxy groups -OCH3 is 1. The molecule has 21 heavy (non-hydrogen) atoms. The fourth-order valence-electron chi connectivity index (χ4n) is 1.55. The predicted molar refractivity (Wildman–Crippen MR) is 80.8 cm³/mol. The number of nitrogens with zero attached hydrogens (tertiary/aromatic N) is 1. The predicted octanol–water partition coefficient (Wildman–Crippen LogP) is 3.78. The van der Waals surface area contributed by atoms with E-state index in [0.29, 0.717) is 15.3 Å². The number of ketones is 1. The molecule has 0 spiro atoms. The molecule has 0 aliphatic carbocycles. The van der Waals surface area contributed by atoms with E-state index in [1.807, 2.05) is 0 Å². The van der Waals surface area contributed by atoms with E-state index in [9.17, 15) is 14.0 Å². The molecule has 5 nitrogen and oxygen atoms in total. The molecule has 1 heterocycles. The Morgan fingerprint density at radius 3 is 2.71 bits per heavy atom. The Kier molecular flexibility index (Phi) is 4.69. The number of aromatic nitrogens is 1. The summed E-state index contributed by atoms with van der Waals surface area (Å²) in [6.07, 6.45) is 0. The zero-order valence-electron chi connectivity index (χ0n) is 11.1. The lowest BCUT2D eigenvalue weighted by molar-refractivity contribution is 0.0591. The van der Waals surface area contributed by atoms with Crippen molar-refractivity contribution in [1.82, 2.24) is 4.98 Å². The van der Waals surface area contributed by atoms with Crippen LogP contribution in [0.4, 0.5) is 15.2 Å². The Morgan fingerprint density at radius 2 is 2.14 bits per heavy atom. The van der Waals surface area contributed by atoms with Crippen LogP contribution >= 0.6 is 27.3 Å². The molecular weight excluding hydrogens is 363 g/mol. The quantitative estimate of drug-likeness (QED) is 0.653. The molecule has 0 radical (unpaired) electrons. The van der Waals surface area contributed by atoms with Crippen LogP contribution in [0.5, 0.6) is 0 Å². The van der Waals surface area contributed by atoms with E-state index in [1.54, 1.807) is 0 Å². The zero-order valence-corrected chi connectivity index (χ0v) is 13.5. The van der Waals surface area contributed by atoms with Crippen molar-refractivity contribution in [2.24, 2.45) is 0 Å². The summed E-state index contributed by atoms with van der Waals surface area (Å²) in [6, 6.07) is 4.10. The lowest BCUT2D eigenvalue weighted by Gasteiger charge is -2.04. The summed E-state index contributed by atoms with van der Waals surface area (Å²) >= 11 is 4.25. The molecule has 1 N–H and O–H groups in total. The van der Waals surface area contributed by atoms with Gasteiger partial charge in [0.15, 0.2) is 16.6 Å². The normalized spacial score (nSPS) is 10.3. The Labute approximate surface area is 132 Å². The van der Waals surface area contributed by atoms with Crippen LogP contribution in [-0.4, -0.2) is 23.8 Å². The van der Waals surface area contributed by atoms with Gasteiger partial charge in [-0.2, -0.15) is 0 Å². The average molecular weight is 373 g/mol. The van der Waals surface area contributed by atoms with Crippen molar-refractivity contribution < 1.29 is 18.7 Å². The van der Waals surface area contributed by atoms with Crippen molar-refractivity contribution in [3.05, 3.63) is 39.1 Å². The van der Waals surface area contributed by atoms with Gasteiger partial charge in [0, 0.05) is 11.4 Å². The fourth-order valence-corrected chi connectivity index (χ4v) is 2.86. The second-order valence-electron chi connectivity index (χ2n) is 3.99. The number of rotatable bonds is 4. The van der Waals surface area contributed by atoms with Crippen LogP contribution in [0, 0.1) is 5.82 Å². The van der Waals surface area contributed by atoms with Crippen LogP contribution < -0.4 is 5.32 Å². The molecule has 2 rings (SSSR count). The fraction of sp³-hybridized carbons (Fsp3) is 0.154. The minimum Gasteiger partial charge on any atom is -0.464 e. The Morgan fingerprint density at radius 1 is 1.43 bits per heavy atom. The number of hydrogen-bond donors (Lipinski definition) is 1. The van der Waals surface area contributed by atoms with Crippen molar-refractivity contribution in [2.45, 2.75) is 6.92 Å². The van der Waals surface area contributed by atoms with Gasteiger partial charge in [-0.3, -0.25) is 4.79 Å². The molecule has 0 bridgehead atoms. The summed E-state index contributed by atoms with van der Waals surface area (Å²) < 4.78 is 18.1. The molecule has 0 atom stereocenters. The second-order valence-corrected chi connectivity index (χ2v) is 5.85. The number of carbonyl (C=O) groups excluding carboxylic acids is 2. The van der Waals surface area contributed by atoms with Crippen LogP contribution in [0.25, 0.3) is 0 Å². The highest BCUT2D eigenvalue weighted by atomic mass is 79.9. The van der Waals surface area contributed by atoms with Crippen molar-refractivity contribution in [2.75, 3.05) is 12.4 Å². The largest absolute Gasteiger partial charge is 0.464 e. The van der Waals surface area contributed by atoms with Crippen LogP contribution in [0.2, 0.25) is 0 Å². The van der Waals surface area contributed by atoms with Crippen LogP contribution in [0.1, 0.15) is 27.1 Å². The lowest BCUT2D eigenvalue weighted by atomic mass is 10.3. The maximum atomic E-state index is 13.0. The summed E-state index contributed by atoms with van der Waals surface area (Å²) in [6.45, 7) is 1.34. The lowest BCUT2D eigenvalue weighted by Crippen LogP contribution is -2.07. The van der Waals surface area contributed by atoms with Gasteiger partial charge in [0.2, 0.25) is 0 Å². The third kappa shape index (κ3) is 3.45. The number of benzene rings is 1. The van der Waals surface area contributed by atoms with Gasteiger partial charge >= 0.3 is 5.97 Å². The van der Waals surface area contributed by atoms with Crippen molar-refractivity contribution in [3.8, 4) is 0 Å². The molecule has 0 saturated carbocycles. The van der Waals surface area contributed by atoms with E-state index in [4.69, 9.17) is 0 Å². The van der Waals surface area contributed by atoms with Gasteiger partial charge in [0.25, 0.3) is 0 Å². The van der Waals surface area contributed by atoms with Crippen molar-refractivity contribution >= 4 is 49.8 Å². The monoisotopic (exact) mass is 372 g/mol. The molecule has 2 aromatic rings. The van der Waals surface area contributed by atoms with Gasteiger partial charge in [-0.25, -0.2) is 14.2 Å². The minimum atomic E-state index is -0.678. The number of halogens is 2. The van der Waals surface area contributed by atoms with Gasteiger partial charge in [0.05, 0.1) is 12.8 Å². The molecule has 0 amide bonds. The first-order valence-electron chi connectivity index (χ1n) is 5.74. The SMILES string of the molecule is COC(=O)c1nc(Nc2ccc(F)cc2Br)sc1C(C)=O. The summed E-state index contributed by atoms with van der Waals surface area (Å²) in [5.74, 6) is -1.34. The van der Waals surface area contributed by atoms with E-state index < -0.39 is 5.97 Å². The van der Waals surface area contributed by atoms with E-state index in [0.717, 1.165) is 11.3 Å². The highest BCUT2D eigenvalue weighted by Crippen LogP contribution is 2.30. The van der Waals surface area contributed by atoms with Crippen LogP contribution in [-0.2, 0) is 4.74 Å². The van der Waals surface area contributed by atoms with Crippen molar-refractivity contribution in [1.29, 1.82) is 0 Å².